The highest BCUT2D eigenvalue weighted by molar-refractivity contribution is 6.03. The molecule has 1 fully saturated rings. The second-order valence-corrected chi connectivity index (χ2v) is 7.46. The van der Waals surface area contributed by atoms with E-state index >= 15 is 0 Å². The van der Waals surface area contributed by atoms with Crippen molar-refractivity contribution in [3.8, 4) is 17.1 Å². The summed E-state index contributed by atoms with van der Waals surface area (Å²) in [6.45, 7) is 2.11. The number of ether oxygens (including phenoxy) is 1. The van der Waals surface area contributed by atoms with E-state index in [1.165, 1.54) is 18.5 Å². The molecule has 0 radical (unpaired) electrons. The van der Waals surface area contributed by atoms with Crippen LogP contribution in [0.2, 0.25) is 0 Å². The minimum atomic E-state index is -0.357. The average Bonchev–Trinajstić information content (AvgIpc) is 3.22. The van der Waals surface area contributed by atoms with E-state index in [0.29, 0.717) is 65.4 Å². The highest BCUT2D eigenvalue weighted by Crippen LogP contribution is 2.26. The van der Waals surface area contributed by atoms with E-state index in [1.807, 2.05) is 0 Å². The fourth-order valence-corrected chi connectivity index (χ4v) is 3.87. The highest BCUT2D eigenvalue weighted by atomic mass is 19.1. The number of carbonyl (C=O) groups is 2. The van der Waals surface area contributed by atoms with Gasteiger partial charge < -0.3 is 9.64 Å². The van der Waals surface area contributed by atoms with Crippen LogP contribution in [-0.4, -0.2) is 57.9 Å². The Morgan fingerprint density at radius 1 is 1.06 bits per heavy atom. The normalized spacial score (nSPS) is 14.0. The molecule has 0 N–H and O–H groups in total. The van der Waals surface area contributed by atoms with Crippen LogP contribution in [0.1, 0.15) is 20.7 Å². The Labute approximate surface area is 183 Å². The molecule has 0 aliphatic carbocycles. The maximum atomic E-state index is 14.1. The van der Waals surface area contributed by atoms with Gasteiger partial charge in [-0.2, -0.15) is 0 Å². The summed E-state index contributed by atoms with van der Waals surface area (Å²) in [4.78, 5) is 35.1. The minimum Gasteiger partial charge on any atom is -0.378 e. The summed E-state index contributed by atoms with van der Waals surface area (Å²) in [5.41, 5.74) is 2.57. The molecule has 0 spiro atoms. The van der Waals surface area contributed by atoms with Gasteiger partial charge in [0.1, 0.15) is 5.82 Å². The number of hydrogen-bond donors (Lipinski definition) is 0. The van der Waals surface area contributed by atoms with E-state index in [2.05, 4.69) is 9.97 Å². The van der Waals surface area contributed by atoms with Crippen LogP contribution in [0, 0.1) is 5.82 Å². The SMILES string of the molecule is O=Cc1cn(-c2ncc(-c3ccccc3F)cn2)c2cc(C(=O)N3CCOCC3)ccc12. The van der Waals surface area contributed by atoms with Gasteiger partial charge >= 0.3 is 0 Å². The zero-order valence-electron chi connectivity index (χ0n) is 17.1. The van der Waals surface area contributed by atoms with Gasteiger partial charge in [0.05, 0.1) is 18.7 Å². The number of nitrogens with zero attached hydrogens (tertiary/aromatic N) is 4. The van der Waals surface area contributed by atoms with Crippen molar-refractivity contribution < 1.29 is 18.7 Å². The molecule has 3 heterocycles. The van der Waals surface area contributed by atoms with Crippen LogP contribution in [0.5, 0.6) is 0 Å². The number of hydrogen-bond acceptors (Lipinski definition) is 5. The van der Waals surface area contributed by atoms with Crippen molar-refractivity contribution in [3.05, 3.63) is 78.0 Å². The molecular formula is C24H19FN4O3. The first kappa shape index (κ1) is 20.0. The van der Waals surface area contributed by atoms with E-state index in [9.17, 15) is 14.0 Å². The lowest BCUT2D eigenvalue weighted by molar-refractivity contribution is 0.0303. The van der Waals surface area contributed by atoms with Crippen LogP contribution in [0.4, 0.5) is 4.39 Å². The summed E-state index contributed by atoms with van der Waals surface area (Å²) < 4.78 is 21.1. The molecule has 1 aliphatic heterocycles. The first-order valence-corrected chi connectivity index (χ1v) is 10.2. The monoisotopic (exact) mass is 430 g/mol. The Morgan fingerprint density at radius 2 is 1.81 bits per heavy atom. The summed E-state index contributed by atoms with van der Waals surface area (Å²) in [6.07, 6.45) is 5.47. The first-order chi connectivity index (χ1) is 15.7. The predicted octanol–water partition coefficient (Wildman–Crippen LogP) is 3.51. The van der Waals surface area contributed by atoms with E-state index in [1.54, 1.807) is 52.1 Å². The molecule has 1 amide bonds. The molecule has 1 saturated heterocycles. The Balaban J connectivity index is 1.55. The second-order valence-electron chi connectivity index (χ2n) is 7.46. The predicted molar refractivity (Wildman–Crippen MR) is 116 cm³/mol. The largest absolute Gasteiger partial charge is 0.378 e. The lowest BCUT2D eigenvalue weighted by Gasteiger charge is -2.26. The molecular weight excluding hydrogens is 411 g/mol. The third kappa shape index (κ3) is 3.54. The van der Waals surface area contributed by atoms with Crippen LogP contribution >= 0.6 is 0 Å². The number of benzene rings is 2. The molecule has 0 bridgehead atoms. The number of carbonyl (C=O) groups excluding carboxylic acids is 2. The first-order valence-electron chi connectivity index (χ1n) is 10.2. The number of amides is 1. The van der Waals surface area contributed by atoms with Crippen molar-refractivity contribution in [2.75, 3.05) is 26.3 Å². The number of morpholine rings is 1. The van der Waals surface area contributed by atoms with Crippen molar-refractivity contribution in [3.63, 3.8) is 0 Å². The Morgan fingerprint density at radius 3 is 2.53 bits per heavy atom. The van der Waals surface area contributed by atoms with E-state index in [4.69, 9.17) is 4.74 Å². The summed E-state index contributed by atoms with van der Waals surface area (Å²) in [5, 5.41) is 0.695. The fourth-order valence-electron chi connectivity index (χ4n) is 3.87. The Hall–Kier alpha value is -3.91. The molecule has 0 atom stereocenters. The maximum Gasteiger partial charge on any atom is 0.254 e. The van der Waals surface area contributed by atoms with E-state index in [-0.39, 0.29) is 11.7 Å². The van der Waals surface area contributed by atoms with Gasteiger partial charge in [-0.25, -0.2) is 14.4 Å². The summed E-state index contributed by atoms with van der Waals surface area (Å²) in [6, 6.07) is 11.6. The molecule has 1 aliphatic rings. The van der Waals surface area contributed by atoms with Crippen molar-refractivity contribution in [1.82, 2.24) is 19.4 Å². The molecule has 5 rings (SSSR count). The van der Waals surface area contributed by atoms with Crippen molar-refractivity contribution in [2.45, 2.75) is 0 Å². The van der Waals surface area contributed by atoms with Gasteiger partial charge in [-0.3, -0.25) is 14.2 Å². The van der Waals surface area contributed by atoms with Gasteiger partial charge in [-0.1, -0.05) is 24.3 Å². The zero-order chi connectivity index (χ0) is 22.1. The van der Waals surface area contributed by atoms with Crippen LogP contribution < -0.4 is 0 Å². The van der Waals surface area contributed by atoms with Crippen LogP contribution in [0.25, 0.3) is 28.0 Å². The standard InChI is InChI=1S/C24H19FN4O3/c25-21-4-2-1-3-19(21)17-12-26-24(27-13-17)29-14-18(15-30)20-6-5-16(11-22(20)29)23(31)28-7-9-32-10-8-28/h1-6,11-15H,7-10H2. The van der Waals surface area contributed by atoms with E-state index in [0.717, 1.165) is 6.29 Å². The van der Waals surface area contributed by atoms with Gasteiger partial charge in [-0.15, -0.1) is 0 Å². The molecule has 0 unspecified atom stereocenters. The van der Waals surface area contributed by atoms with Gasteiger partial charge in [0.15, 0.2) is 6.29 Å². The third-order valence-electron chi connectivity index (χ3n) is 5.55. The quantitative estimate of drug-likeness (QED) is 0.463. The van der Waals surface area contributed by atoms with Crippen LogP contribution in [0.3, 0.4) is 0 Å². The number of fused-ring (bicyclic) bond motifs is 1. The molecule has 8 heteroatoms. The van der Waals surface area contributed by atoms with Crippen LogP contribution in [-0.2, 0) is 4.74 Å². The Bertz CT molecular complexity index is 1310. The lowest BCUT2D eigenvalue weighted by Crippen LogP contribution is -2.40. The van der Waals surface area contributed by atoms with E-state index < -0.39 is 0 Å². The zero-order valence-corrected chi connectivity index (χ0v) is 17.1. The Kier molecular flexibility index (Phi) is 5.20. The summed E-state index contributed by atoms with van der Waals surface area (Å²) in [7, 11) is 0. The van der Waals surface area contributed by atoms with Crippen LogP contribution in [0.15, 0.2) is 61.1 Å². The molecule has 0 saturated carbocycles. The van der Waals surface area contributed by atoms with Crippen molar-refractivity contribution in [1.29, 1.82) is 0 Å². The molecule has 32 heavy (non-hydrogen) atoms. The van der Waals surface area contributed by atoms with Crippen molar-refractivity contribution >= 4 is 23.1 Å². The maximum absolute atomic E-state index is 14.1. The topological polar surface area (TPSA) is 77.3 Å². The molecule has 2 aromatic heterocycles. The van der Waals surface area contributed by atoms with Gasteiger partial charge in [0.25, 0.3) is 5.91 Å². The molecule has 2 aromatic carbocycles. The molecule has 7 nitrogen and oxygen atoms in total. The average molecular weight is 430 g/mol. The molecule has 4 aromatic rings. The summed E-state index contributed by atoms with van der Waals surface area (Å²) >= 11 is 0. The smallest absolute Gasteiger partial charge is 0.254 e. The van der Waals surface area contributed by atoms with Gasteiger partial charge in [0, 0.05) is 59.3 Å². The highest BCUT2D eigenvalue weighted by Gasteiger charge is 2.20. The number of aldehydes is 1. The second kappa shape index (κ2) is 8.32. The minimum absolute atomic E-state index is 0.0913. The molecule has 160 valence electrons. The van der Waals surface area contributed by atoms with Crippen molar-refractivity contribution in [2.24, 2.45) is 0 Å². The van der Waals surface area contributed by atoms with Gasteiger partial charge in [0.2, 0.25) is 5.95 Å². The third-order valence-corrected chi connectivity index (χ3v) is 5.55. The number of aromatic nitrogens is 3. The lowest BCUT2D eigenvalue weighted by atomic mass is 10.1. The van der Waals surface area contributed by atoms with Gasteiger partial charge in [-0.05, 0) is 18.2 Å². The number of halogens is 1. The summed E-state index contributed by atoms with van der Waals surface area (Å²) in [5.74, 6) is -0.129. The number of rotatable bonds is 4. The fraction of sp³-hybridized carbons (Fsp3) is 0.167.